The second-order valence-corrected chi connectivity index (χ2v) is 10.1. The molecule has 1 radical (unpaired) electrons. The predicted octanol–water partition coefficient (Wildman–Crippen LogP) is 5.29. The molecule has 0 spiro atoms. The average Bonchev–Trinajstić information content (AvgIpc) is 2.89. The van der Waals surface area contributed by atoms with E-state index in [1.165, 1.54) is 17.2 Å². The molecule has 4 rings (SSSR count). The zero-order valence-corrected chi connectivity index (χ0v) is 23.3. The Morgan fingerprint density at radius 3 is 2.15 bits per heavy atom. The maximum absolute atomic E-state index is 12.7. The van der Waals surface area contributed by atoms with Gasteiger partial charge in [-0.05, 0) is 49.0 Å². The zero-order valence-electron chi connectivity index (χ0n) is 21.6. The van der Waals surface area contributed by atoms with Crippen molar-refractivity contribution in [2.75, 3.05) is 21.2 Å². The van der Waals surface area contributed by atoms with Gasteiger partial charge in [0.05, 0.1) is 5.69 Å². The van der Waals surface area contributed by atoms with Crippen molar-refractivity contribution in [3.05, 3.63) is 71.8 Å². The van der Waals surface area contributed by atoms with Crippen molar-refractivity contribution in [2.45, 2.75) is 43.3 Å². The molecule has 0 unspecified atom stereocenters. The third-order valence-corrected chi connectivity index (χ3v) is 6.60. The van der Waals surface area contributed by atoms with E-state index in [-0.39, 0.29) is 29.0 Å². The number of aliphatic hydroxyl groups is 1. The number of benzene rings is 2. The van der Waals surface area contributed by atoms with Gasteiger partial charge < -0.3 is 20.1 Å². The minimum Gasteiger partial charge on any atom is -0.644 e. The minimum absolute atomic E-state index is 0. The number of likely N-dealkylation sites (N-methyl/N-ethyl adjacent to an activating group) is 1. The summed E-state index contributed by atoms with van der Waals surface area (Å²) in [5, 5.41) is 13.9. The molecule has 0 bridgehead atoms. The number of rotatable bonds is 4. The molecule has 39 heavy (non-hydrogen) atoms. The first-order valence-corrected chi connectivity index (χ1v) is 13.2. The summed E-state index contributed by atoms with van der Waals surface area (Å²) in [5.74, 6) is -0.205. The van der Waals surface area contributed by atoms with Crippen LogP contribution in [0.1, 0.15) is 36.2 Å². The second kappa shape index (κ2) is 15.3. The summed E-state index contributed by atoms with van der Waals surface area (Å²) < 4.78 is 57.5. The third kappa shape index (κ3) is 9.55. The van der Waals surface area contributed by atoms with Crippen molar-refractivity contribution >= 4 is 26.8 Å². The van der Waals surface area contributed by atoms with Crippen LogP contribution in [0.2, 0.25) is 0 Å². The fraction of sp³-hybridized carbons (Fsp3) is 0.385. The van der Waals surface area contributed by atoms with Crippen LogP contribution in [0.15, 0.2) is 60.8 Å². The molecular weight excluding hydrogens is 587 g/mol. The van der Waals surface area contributed by atoms with Crippen LogP contribution in [0.5, 0.6) is 0 Å². The van der Waals surface area contributed by atoms with Crippen molar-refractivity contribution in [3.8, 4) is 11.1 Å². The van der Waals surface area contributed by atoms with Gasteiger partial charge in [-0.25, -0.2) is 0 Å². The zero-order chi connectivity index (χ0) is 28.5. The van der Waals surface area contributed by atoms with E-state index < -0.39 is 15.6 Å². The van der Waals surface area contributed by atoms with Gasteiger partial charge in [0.1, 0.15) is 5.91 Å². The van der Waals surface area contributed by atoms with E-state index in [1.807, 2.05) is 18.2 Å². The Balaban J connectivity index is 0.000000599. The number of fused-ring (bicyclic) bond motifs is 1. The van der Waals surface area contributed by atoms with Crippen LogP contribution < -0.4 is 0 Å². The van der Waals surface area contributed by atoms with Crippen LogP contribution in [0.25, 0.3) is 27.2 Å². The van der Waals surface area contributed by atoms with Gasteiger partial charge in [0.15, 0.2) is 0 Å². The van der Waals surface area contributed by atoms with E-state index in [4.69, 9.17) is 18.1 Å². The van der Waals surface area contributed by atoms with Gasteiger partial charge in [-0.2, -0.15) is 21.6 Å². The largest absolute Gasteiger partial charge is 2.00 e. The molecule has 1 aromatic heterocycles. The van der Waals surface area contributed by atoms with Crippen molar-refractivity contribution in [1.82, 2.24) is 9.88 Å². The quantitative estimate of drug-likeness (QED) is 0.232. The molecule has 8 nitrogen and oxygen atoms in total. The van der Waals surface area contributed by atoms with Gasteiger partial charge in [0, 0.05) is 18.9 Å². The van der Waals surface area contributed by atoms with Gasteiger partial charge in [-0.3, -0.25) is 9.54 Å². The van der Waals surface area contributed by atoms with E-state index in [9.17, 15) is 18.0 Å². The molecule has 2 N–H and O–H groups in total. The van der Waals surface area contributed by atoms with Gasteiger partial charge in [-0.1, -0.05) is 67.8 Å². The Hall–Kier alpha value is -2.54. The third-order valence-electron chi connectivity index (χ3n) is 6.02. The number of carbonyl (C=O) groups excluding carboxylic acids is 1. The Bertz CT molecular complexity index is 1300. The van der Waals surface area contributed by atoms with Gasteiger partial charge in [-0.15, -0.1) is 6.04 Å². The number of halogens is 3. The van der Waals surface area contributed by atoms with E-state index in [0.29, 0.717) is 11.7 Å². The molecule has 217 valence electrons. The van der Waals surface area contributed by atoms with Crippen LogP contribution in [0.4, 0.5) is 13.2 Å². The summed E-state index contributed by atoms with van der Waals surface area (Å²) >= 11 is 0. The number of pyridine rings is 1. The Kier molecular flexibility index (Phi) is 13.5. The molecule has 0 saturated heterocycles. The number of amides is 1. The molecule has 3 aromatic rings. The number of aliphatic hydroxyl groups excluding tert-OH is 1. The SMILES string of the molecule is CN(C)[C@H]1CCCC[C@@H]1[N-]C(=O)c1ccc(-c2cccc3ccccc23)cn1.CO.O=S(=O)(O)C(F)(F)F.[Cu+2]. The number of hydrogen-bond acceptors (Lipinski definition) is 6. The molecule has 2 aromatic carbocycles. The van der Waals surface area contributed by atoms with Crippen LogP contribution >= 0.6 is 0 Å². The average molecular weight is 618 g/mol. The van der Waals surface area contributed by atoms with Crippen LogP contribution in [0, 0.1) is 0 Å². The standard InChI is InChI=1S/C24H27N3O.CHF3O3S.CH4O.Cu/c1-27(2)23-13-6-5-12-21(23)26-24(28)22-15-14-18(16-25-22)20-11-7-9-17-8-3-4-10-19(17)20;2-1(3,4)8(5,6)7;1-2;/h3-4,7-11,14-16,21,23H,5-6,12-13H2,1-2H3,(H,26,28);(H,5,6,7);2H,1H3;/q;;;+2/p-1/t21-,23-;;;/m0.../s1. The summed E-state index contributed by atoms with van der Waals surface area (Å²) in [6, 6.07) is 18.7. The van der Waals surface area contributed by atoms with Gasteiger partial charge in [0.2, 0.25) is 0 Å². The van der Waals surface area contributed by atoms with Crippen LogP contribution in [0.3, 0.4) is 0 Å². The molecule has 0 aliphatic heterocycles. The summed E-state index contributed by atoms with van der Waals surface area (Å²) in [7, 11) is -0.701. The normalized spacial score (nSPS) is 17.2. The number of hydrogen-bond donors (Lipinski definition) is 2. The molecule has 1 heterocycles. The van der Waals surface area contributed by atoms with Crippen molar-refractivity contribution in [1.29, 1.82) is 0 Å². The second-order valence-electron chi connectivity index (χ2n) is 8.70. The van der Waals surface area contributed by atoms with Gasteiger partial charge in [0.25, 0.3) is 0 Å². The number of carbonyl (C=O) groups is 1. The number of alkyl halides is 3. The maximum Gasteiger partial charge on any atom is 2.00 e. The molecular formula is C26H31CuF3N3O5S+. The first-order valence-electron chi connectivity index (χ1n) is 11.7. The number of nitrogens with zero attached hydrogens (tertiary/aromatic N) is 3. The topological polar surface area (TPSA) is 122 Å². The minimum atomic E-state index is -5.84. The molecule has 2 atom stereocenters. The Labute approximate surface area is 236 Å². The van der Waals surface area contributed by atoms with Crippen molar-refractivity contribution in [2.24, 2.45) is 0 Å². The Morgan fingerprint density at radius 2 is 1.59 bits per heavy atom. The monoisotopic (exact) mass is 617 g/mol. The molecule has 1 fully saturated rings. The molecule has 13 heteroatoms. The van der Waals surface area contributed by atoms with E-state index >= 15 is 0 Å². The molecule has 1 aliphatic rings. The van der Waals surface area contributed by atoms with Crippen LogP contribution in [-0.4, -0.2) is 72.7 Å². The van der Waals surface area contributed by atoms with Crippen molar-refractivity contribution < 1.29 is 53.1 Å². The first-order chi connectivity index (χ1) is 17.9. The first kappa shape index (κ1) is 34.5. The maximum atomic E-state index is 12.7. The summed E-state index contributed by atoms with van der Waals surface area (Å²) in [6.45, 7) is 0. The van der Waals surface area contributed by atoms with Crippen LogP contribution in [-0.2, 0) is 27.2 Å². The Morgan fingerprint density at radius 1 is 1.00 bits per heavy atom. The van der Waals surface area contributed by atoms with Gasteiger partial charge >= 0.3 is 32.7 Å². The fourth-order valence-electron chi connectivity index (χ4n) is 4.22. The number of aromatic nitrogens is 1. The smallest absolute Gasteiger partial charge is 0.644 e. The molecule has 1 amide bonds. The van der Waals surface area contributed by atoms with E-state index in [0.717, 1.165) is 37.5 Å². The molecule has 1 aliphatic carbocycles. The summed E-state index contributed by atoms with van der Waals surface area (Å²) in [6.07, 6.45) is 6.21. The summed E-state index contributed by atoms with van der Waals surface area (Å²) in [5.41, 5.74) is -2.97. The molecule has 1 saturated carbocycles. The predicted molar refractivity (Wildman–Crippen MR) is 140 cm³/mol. The van der Waals surface area contributed by atoms with Crippen molar-refractivity contribution in [3.63, 3.8) is 0 Å². The summed E-state index contributed by atoms with van der Waals surface area (Å²) in [4.78, 5) is 19.3. The van der Waals surface area contributed by atoms with E-state index in [1.54, 1.807) is 12.3 Å². The fourth-order valence-corrected chi connectivity index (χ4v) is 4.22. The van der Waals surface area contributed by atoms with E-state index in [2.05, 4.69) is 59.6 Å².